The monoisotopic (exact) mass is 338 g/mol. The van der Waals surface area contributed by atoms with Crippen molar-refractivity contribution in [3.05, 3.63) is 59.5 Å². The fraction of sp³-hybridized carbons (Fsp3) is 0.250. The summed E-state index contributed by atoms with van der Waals surface area (Å²) >= 11 is 0. The van der Waals surface area contributed by atoms with Crippen LogP contribution in [0, 0.1) is 6.92 Å². The van der Waals surface area contributed by atoms with E-state index in [1.54, 1.807) is 24.3 Å². The maximum atomic E-state index is 13.4. The van der Waals surface area contributed by atoms with E-state index in [2.05, 4.69) is 5.10 Å². The molecule has 0 unspecified atom stereocenters. The van der Waals surface area contributed by atoms with Crippen molar-refractivity contribution >= 4 is 11.6 Å². The second kappa shape index (κ2) is 5.48. The van der Waals surface area contributed by atoms with Crippen LogP contribution in [-0.2, 0) is 0 Å². The van der Waals surface area contributed by atoms with Crippen LogP contribution >= 0.6 is 0 Å². The minimum absolute atomic E-state index is 0.0327. The lowest BCUT2D eigenvalue weighted by Gasteiger charge is -2.31. The first kappa shape index (κ1) is 16.3. The van der Waals surface area contributed by atoms with Crippen LogP contribution in [0.2, 0.25) is 0 Å². The largest absolute Gasteiger partial charge is 0.459 e. The molecule has 2 heterocycles. The van der Waals surface area contributed by atoms with Crippen molar-refractivity contribution in [3.63, 3.8) is 0 Å². The quantitative estimate of drug-likeness (QED) is 0.915. The number of aryl methyl sites for hydroxylation is 1. The van der Waals surface area contributed by atoms with Crippen LogP contribution in [0.25, 0.3) is 0 Å². The molecular formula is C16H13F3N2O3. The van der Waals surface area contributed by atoms with Gasteiger partial charge in [-0.2, -0.15) is 23.3 Å². The number of hydrazone groups is 1. The highest BCUT2D eigenvalue weighted by molar-refractivity contribution is 6.05. The van der Waals surface area contributed by atoms with E-state index in [-0.39, 0.29) is 16.5 Å². The zero-order valence-corrected chi connectivity index (χ0v) is 12.5. The molecule has 1 aliphatic rings. The molecule has 2 aromatic rings. The summed E-state index contributed by atoms with van der Waals surface area (Å²) in [4.78, 5) is 12.3. The zero-order chi connectivity index (χ0) is 17.5. The van der Waals surface area contributed by atoms with E-state index in [0.717, 1.165) is 11.8 Å². The van der Waals surface area contributed by atoms with Crippen molar-refractivity contribution in [3.8, 4) is 0 Å². The number of rotatable bonds is 2. The summed E-state index contributed by atoms with van der Waals surface area (Å²) < 4.78 is 45.0. The number of furan rings is 1. The van der Waals surface area contributed by atoms with Gasteiger partial charge in [0.1, 0.15) is 0 Å². The Kier molecular flexibility index (Phi) is 3.71. The van der Waals surface area contributed by atoms with E-state index < -0.39 is 24.2 Å². The summed E-state index contributed by atoms with van der Waals surface area (Å²) in [6.45, 7) is 1.83. The van der Waals surface area contributed by atoms with Crippen LogP contribution in [0.1, 0.15) is 28.1 Å². The normalized spacial score (nSPS) is 21.0. The van der Waals surface area contributed by atoms with Crippen molar-refractivity contribution in [1.29, 1.82) is 0 Å². The molecule has 1 amide bonds. The van der Waals surface area contributed by atoms with E-state index in [9.17, 15) is 23.1 Å². The van der Waals surface area contributed by atoms with Gasteiger partial charge in [0.2, 0.25) is 0 Å². The van der Waals surface area contributed by atoms with E-state index in [1.165, 1.54) is 12.1 Å². The first-order valence-corrected chi connectivity index (χ1v) is 7.04. The molecule has 8 heteroatoms. The molecule has 0 radical (unpaired) electrons. The minimum Gasteiger partial charge on any atom is -0.459 e. The predicted molar refractivity (Wildman–Crippen MR) is 78.2 cm³/mol. The zero-order valence-electron chi connectivity index (χ0n) is 12.5. The molecule has 126 valence electrons. The highest BCUT2D eigenvalue weighted by atomic mass is 19.4. The Morgan fingerprint density at radius 2 is 1.96 bits per heavy atom. The molecule has 0 aliphatic carbocycles. The van der Waals surface area contributed by atoms with Gasteiger partial charge in [-0.15, -0.1) is 0 Å². The molecule has 1 aromatic heterocycles. The van der Waals surface area contributed by atoms with Crippen LogP contribution in [0.15, 0.2) is 52.2 Å². The van der Waals surface area contributed by atoms with Crippen LogP contribution in [0.4, 0.5) is 13.2 Å². The third-order valence-electron chi connectivity index (χ3n) is 3.75. The molecule has 0 saturated heterocycles. The predicted octanol–water partition coefficient (Wildman–Crippen LogP) is 3.09. The van der Waals surface area contributed by atoms with Gasteiger partial charge in [-0.1, -0.05) is 29.8 Å². The Bertz CT molecular complexity index is 782. The number of alkyl halides is 3. The van der Waals surface area contributed by atoms with Gasteiger partial charge >= 0.3 is 12.1 Å². The van der Waals surface area contributed by atoms with Gasteiger partial charge in [-0.25, -0.2) is 0 Å². The van der Waals surface area contributed by atoms with Gasteiger partial charge < -0.3 is 9.52 Å². The number of aliphatic hydroxyl groups is 1. The molecule has 24 heavy (non-hydrogen) atoms. The molecule has 5 nitrogen and oxygen atoms in total. The second-order valence-electron chi connectivity index (χ2n) is 5.50. The first-order valence-electron chi connectivity index (χ1n) is 7.04. The number of hydrogen-bond acceptors (Lipinski definition) is 4. The molecule has 1 atom stereocenters. The summed E-state index contributed by atoms with van der Waals surface area (Å²) in [5.74, 6) is -1.51. The number of halogens is 3. The van der Waals surface area contributed by atoms with Crippen molar-refractivity contribution in [2.45, 2.75) is 25.2 Å². The van der Waals surface area contributed by atoms with Gasteiger partial charge in [0, 0.05) is 0 Å². The average molecular weight is 338 g/mol. The lowest BCUT2D eigenvalue weighted by molar-refractivity contribution is -0.297. The summed E-state index contributed by atoms with van der Waals surface area (Å²) in [6, 6.07) is 9.17. The van der Waals surface area contributed by atoms with Gasteiger partial charge in [0.15, 0.2) is 5.76 Å². The SMILES string of the molecule is Cc1ccc(C2=NN(C(=O)c3ccco3)[C@](O)(C(F)(F)F)C2)cc1. The number of carbonyl (C=O) groups is 1. The lowest BCUT2D eigenvalue weighted by atomic mass is 10.00. The van der Waals surface area contributed by atoms with Crippen LogP contribution in [0.5, 0.6) is 0 Å². The molecule has 0 spiro atoms. The van der Waals surface area contributed by atoms with Crippen LogP contribution < -0.4 is 0 Å². The number of nitrogens with zero attached hydrogens (tertiary/aromatic N) is 2. The fourth-order valence-corrected chi connectivity index (χ4v) is 2.39. The minimum atomic E-state index is -5.08. The summed E-state index contributed by atoms with van der Waals surface area (Å²) in [5, 5.41) is 13.9. The van der Waals surface area contributed by atoms with Crippen molar-refractivity contribution in [1.82, 2.24) is 5.01 Å². The molecule has 1 aliphatic heterocycles. The third kappa shape index (κ3) is 2.58. The molecule has 1 aromatic carbocycles. The van der Waals surface area contributed by atoms with E-state index >= 15 is 0 Å². The fourth-order valence-electron chi connectivity index (χ4n) is 2.39. The molecular weight excluding hydrogens is 325 g/mol. The average Bonchev–Trinajstić information content (AvgIpc) is 3.15. The Labute approximate surface area is 135 Å². The Hall–Kier alpha value is -2.61. The van der Waals surface area contributed by atoms with Gasteiger partial charge in [0.05, 0.1) is 18.4 Å². The van der Waals surface area contributed by atoms with Gasteiger partial charge in [-0.05, 0) is 24.6 Å². The number of carbonyl (C=O) groups excluding carboxylic acids is 1. The summed E-state index contributed by atoms with van der Waals surface area (Å²) in [7, 11) is 0. The topological polar surface area (TPSA) is 66.0 Å². The second-order valence-corrected chi connectivity index (χ2v) is 5.50. The van der Waals surface area contributed by atoms with E-state index in [0.29, 0.717) is 5.56 Å². The van der Waals surface area contributed by atoms with Gasteiger partial charge in [-0.3, -0.25) is 4.79 Å². The molecule has 0 fully saturated rings. The number of amides is 1. The van der Waals surface area contributed by atoms with Crippen LogP contribution in [-0.4, -0.2) is 33.6 Å². The Morgan fingerprint density at radius 1 is 1.29 bits per heavy atom. The molecule has 3 rings (SSSR count). The Morgan fingerprint density at radius 3 is 2.50 bits per heavy atom. The van der Waals surface area contributed by atoms with Gasteiger partial charge in [0.25, 0.3) is 5.72 Å². The van der Waals surface area contributed by atoms with Crippen molar-refractivity contribution in [2.24, 2.45) is 5.10 Å². The van der Waals surface area contributed by atoms with Crippen LogP contribution in [0.3, 0.4) is 0 Å². The van der Waals surface area contributed by atoms with Crippen molar-refractivity contribution < 1.29 is 27.5 Å². The molecule has 0 saturated carbocycles. The van der Waals surface area contributed by atoms with E-state index in [1.807, 2.05) is 6.92 Å². The highest BCUT2D eigenvalue weighted by Gasteiger charge is 2.63. The molecule has 1 N–H and O–H groups in total. The van der Waals surface area contributed by atoms with Crippen molar-refractivity contribution in [2.75, 3.05) is 0 Å². The first-order chi connectivity index (χ1) is 11.2. The Balaban J connectivity index is 2.03. The molecule has 0 bridgehead atoms. The lowest BCUT2D eigenvalue weighted by Crippen LogP contribution is -2.56. The third-order valence-corrected chi connectivity index (χ3v) is 3.75. The van der Waals surface area contributed by atoms with E-state index in [4.69, 9.17) is 4.42 Å². The smallest absolute Gasteiger partial charge is 0.438 e. The summed E-state index contributed by atoms with van der Waals surface area (Å²) in [6.07, 6.45) is -4.78. The maximum absolute atomic E-state index is 13.4. The number of hydrogen-bond donors (Lipinski definition) is 1. The maximum Gasteiger partial charge on any atom is 0.438 e. The highest BCUT2D eigenvalue weighted by Crippen LogP contribution is 2.42. The number of benzene rings is 1. The summed E-state index contributed by atoms with van der Waals surface area (Å²) in [5.41, 5.74) is -2.13. The standard InChI is InChI=1S/C16H13F3N2O3/c1-10-4-6-11(7-5-10)12-9-15(23,16(17,18)19)21(20-12)14(22)13-3-2-8-24-13/h2-8,23H,9H2,1H3/t15-/m1/s1.